The molecule has 0 saturated carbocycles. The van der Waals surface area contributed by atoms with Crippen LogP contribution in [0.25, 0.3) is 0 Å². The van der Waals surface area contributed by atoms with Gasteiger partial charge in [-0.1, -0.05) is 38.1 Å². The van der Waals surface area contributed by atoms with Crippen molar-refractivity contribution in [2.75, 3.05) is 10.6 Å². The fourth-order valence-corrected chi connectivity index (χ4v) is 2.80. The molecule has 0 saturated heterocycles. The molecule has 1 heterocycles. The minimum Gasteiger partial charge on any atom is -0.340 e. The van der Waals surface area contributed by atoms with Gasteiger partial charge in [0.25, 0.3) is 5.91 Å². The number of benzene rings is 2. The second-order valence-corrected chi connectivity index (χ2v) is 6.59. The number of hydrogen-bond acceptors (Lipinski definition) is 3. The van der Waals surface area contributed by atoms with E-state index in [4.69, 9.17) is 0 Å². The van der Waals surface area contributed by atoms with Gasteiger partial charge in [-0.2, -0.15) is 0 Å². The lowest BCUT2D eigenvalue weighted by Crippen LogP contribution is -2.43. The molecule has 0 radical (unpaired) electrons. The average molecular weight is 351 g/mol. The summed E-state index contributed by atoms with van der Waals surface area (Å²) >= 11 is 0. The Morgan fingerprint density at radius 2 is 1.77 bits per heavy atom. The summed E-state index contributed by atoms with van der Waals surface area (Å²) in [7, 11) is 0. The van der Waals surface area contributed by atoms with Crippen molar-refractivity contribution in [1.82, 2.24) is 5.32 Å². The molecule has 1 atom stereocenters. The minimum absolute atomic E-state index is 0.141. The van der Waals surface area contributed by atoms with Crippen LogP contribution in [0.5, 0.6) is 0 Å². The van der Waals surface area contributed by atoms with Crippen LogP contribution in [-0.4, -0.2) is 23.8 Å². The standard InChI is InChI=1S/C20H21N3O3/c1-12(2)13-7-9-14(10-8-13)21-18(24)11-17-20(26)22-16-6-4-3-5-15(16)19(25)23-17/h3-10,12,17H,11H2,1-2H3,(H,21,24)(H,22,26)(H,23,25). The van der Waals surface area contributed by atoms with Crippen molar-refractivity contribution < 1.29 is 14.4 Å². The predicted octanol–water partition coefficient (Wildman–Crippen LogP) is 2.89. The fraction of sp³-hybridized carbons (Fsp3) is 0.250. The number of nitrogens with one attached hydrogen (secondary N) is 3. The van der Waals surface area contributed by atoms with E-state index in [-0.39, 0.29) is 18.2 Å². The predicted molar refractivity (Wildman–Crippen MR) is 100 cm³/mol. The molecule has 1 aliphatic rings. The van der Waals surface area contributed by atoms with Crippen LogP contribution in [-0.2, 0) is 9.59 Å². The van der Waals surface area contributed by atoms with E-state index >= 15 is 0 Å². The van der Waals surface area contributed by atoms with Crippen LogP contribution in [0.3, 0.4) is 0 Å². The summed E-state index contributed by atoms with van der Waals surface area (Å²) in [6.07, 6.45) is -0.141. The Kier molecular flexibility index (Phi) is 5.02. The molecule has 1 unspecified atom stereocenters. The molecule has 2 aromatic carbocycles. The zero-order valence-electron chi connectivity index (χ0n) is 14.7. The lowest BCUT2D eigenvalue weighted by Gasteiger charge is -2.14. The zero-order valence-corrected chi connectivity index (χ0v) is 14.7. The molecule has 134 valence electrons. The molecule has 3 rings (SSSR count). The first-order valence-corrected chi connectivity index (χ1v) is 8.54. The molecule has 0 spiro atoms. The number of anilines is 2. The monoisotopic (exact) mass is 351 g/mol. The molecule has 3 N–H and O–H groups in total. The minimum atomic E-state index is -0.926. The van der Waals surface area contributed by atoms with Crippen LogP contribution in [0.4, 0.5) is 11.4 Å². The molecule has 2 aromatic rings. The van der Waals surface area contributed by atoms with Gasteiger partial charge in [-0.25, -0.2) is 0 Å². The number of fused-ring (bicyclic) bond motifs is 1. The maximum Gasteiger partial charge on any atom is 0.254 e. The van der Waals surface area contributed by atoms with Gasteiger partial charge in [-0.05, 0) is 35.7 Å². The second-order valence-electron chi connectivity index (χ2n) is 6.59. The van der Waals surface area contributed by atoms with Crippen molar-refractivity contribution >= 4 is 29.1 Å². The first-order valence-electron chi connectivity index (χ1n) is 8.54. The van der Waals surface area contributed by atoms with Crippen molar-refractivity contribution in [2.24, 2.45) is 0 Å². The lowest BCUT2D eigenvalue weighted by molar-refractivity contribution is -0.122. The second kappa shape index (κ2) is 7.39. The quantitative estimate of drug-likeness (QED) is 0.791. The summed E-state index contributed by atoms with van der Waals surface area (Å²) in [5.74, 6) is -0.716. The highest BCUT2D eigenvalue weighted by Crippen LogP contribution is 2.20. The first-order chi connectivity index (χ1) is 12.4. The van der Waals surface area contributed by atoms with Crippen LogP contribution < -0.4 is 16.0 Å². The van der Waals surface area contributed by atoms with Gasteiger partial charge in [0, 0.05) is 5.69 Å². The molecule has 0 aromatic heterocycles. The molecule has 0 aliphatic carbocycles. The van der Waals surface area contributed by atoms with Gasteiger partial charge in [0.2, 0.25) is 11.8 Å². The van der Waals surface area contributed by atoms with E-state index in [9.17, 15) is 14.4 Å². The maximum absolute atomic E-state index is 12.3. The summed E-state index contributed by atoms with van der Waals surface area (Å²) in [4.78, 5) is 36.9. The molecule has 26 heavy (non-hydrogen) atoms. The van der Waals surface area contributed by atoms with Gasteiger partial charge in [0.05, 0.1) is 17.7 Å². The molecule has 1 aliphatic heterocycles. The molecular formula is C20H21N3O3. The molecule has 3 amide bonds. The summed E-state index contributed by atoms with van der Waals surface area (Å²) < 4.78 is 0. The number of carbonyl (C=O) groups is 3. The van der Waals surface area contributed by atoms with Gasteiger partial charge in [-0.3, -0.25) is 14.4 Å². The van der Waals surface area contributed by atoms with E-state index in [1.807, 2.05) is 24.3 Å². The van der Waals surface area contributed by atoms with Crippen LogP contribution >= 0.6 is 0 Å². The van der Waals surface area contributed by atoms with Gasteiger partial charge in [0.1, 0.15) is 6.04 Å². The van der Waals surface area contributed by atoms with Gasteiger partial charge >= 0.3 is 0 Å². The highest BCUT2D eigenvalue weighted by molar-refractivity contribution is 6.11. The zero-order chi connectivity index (χ0) is 18.7. The number of carbonyl (C=O) groups excluding carboxylic acids is 3. The number of hydrogen-bond donors (Lipinski definition) is 3. The summed E-state index contributed by atoms with van der Waals surface area (Å²) in [5, 5.41) is 8.07. The summed E-state index contributed by atoms with van der Waals surface area (Å²) in [6.45, 7) is 4.19. The van der Waals surface area contributed by atoms with Crippen LogP contribution in [0.1, 0.15) is 42.1 Å². The van der Waals surface area contributed by atoms with Gasteiger partial charge in [-0.15, -0.1) is 0 Å². The Morgan fingerprint density at radius 3 is 2.46 bits per heavy atom. The maximum atomic E-state index is 12.3. The number of para-hydroxylation sites is 1. The molecule has 6 nitrogen and oxygen atoms in total. The van der Waals surface area contributed by atoms with E-state index in [1.165, 1.54) is 5.56 Å². The Labute approximate surface area is 152 Å². The Morgan fingerprint density at radius 1 is 1.08 bits per heavy atom. The average Bonchev–Trinajstić information content (AvgIpc) is 2.72. The van der Waals surface area contributed by atoms with Crippen molar-refractivity contribution in [2.45, 2.75) is 32.2 Å². The smallest absolute Gasteiger partial charge is 0.254 e. The van der Waals surface area contributed by atoms with Crippen molar-refractivity contribution in [3.8, 4) is 0 Å². The molecule has 6 heteroatoms. The Balaban J connectivity index is 1.66. The number of amides is 3. The fourth-order valence-electron chi connectivity index (χ4n) is 2.80. The summed E-state index contributed by atoms with van der Waals surface area (Å²) in [5.41, 5.74) is 2.66. The third-order valence-corrected chi connectivity index (χ3v) is 4.30. The summed E-state index contributed by atoms with van der Waals surface area (Å²) in [6, 6.07) is 13.4. The van der Waals surface area contributed by atoms with Gasteiger partial charge in [0.15, 0.2) is 0 Å². The normalized spacial score (nSPS) is 16.3. The topological polar surface area (TPSA) is 87.3 Å². The molecule has 0 fully saturated rings. The first kappa shape index (κ1) is 17.7. The van der Waals surface area contributed by atoms with Crippen LogP contribution in [0, 0.1) is 0 Å². The van der Waals surface area contributed by atoms with Crippen molar-refractivity contribution in [3.05, 3.63) is 59.7 Å². The SMILES string of the molecule is CC(C)c1ccc(NC(=O)CC2NC(=O)c3ccccc3NC2=O)cc1. The highest BCUT2D eigenvalue weighted by atomic mass is 16.2. The van der Waals surface area contributed by atoms with E-state index in [1.54, 1.807) is 24.3 Å². The van der Waals surface area contributed by atoms with Crippen molar-refractivity contribution in [1.29, 1.82) is 0 Å². The van der Waals surface area contributed by atoms with Gasteiger partial charge < -0.3 is 16.0 Å². The van der Waals surface area contributed by atoms with Crippen LogP contribution in [0.2, 0.25) is 0 Å². The number of rotatable bonds is 4. The van der Waals surface area contributed by atoms with E-state index in [2.05, 4.69) is 29.8 Å². The molecular weight excluding hydrogens is 330 g/mol. The third-order valence-electron chi connectivity index (χ3n) is 4.30. The third kappa shape index (κ3) is 3.91. The van der Waals surface area contributed by atoms with E-state index in [0.29, 0.717) is 22.9 Å². The Hall–Kier alpha value is -3.15. The van der Waals surface area contributed by atoms with E-state index in [0.717, 1.165) is 0 Å². The van der Waals surface area contributed by atoms with Crippen LogP contribution in [0.15, 0.2) is 48.5 Å². The largest absolute Gasteiger partial charge is 0.340 e. The lowest BCUT2D eigenvalue weighted by atomic mass is 10.0. The van der Waals surface area contributed by atoms with E-state index < -0.39 is 11.9 Å². The van der Waals surface area contributed by atoms with Crippen molar-refractivity contribution in [3.63, 3.8) is 0 Å². The Bertz CT molecular complexity index is 844. The molecule has 0 bridgehead atoms. The highest BCUT2D eigenvalue weighted by Gasteiger charge is 2.29.